The Kier molecular flexibility index (Phi) is 3.55. The molecule has 2 amide bonds. The van der Waals surface area contributed by atoms with E-state index in [0.29, 0.717) is 24.1 Å². The van der Waals surface area contributed by atoms with Crippen LogP contribution in [0.3, 0.4) is 0 Å². The second-order valence-corrected chi connectivity index (χ2v) is 5.33. The Morgan fingerprint density at radius 2 is 2.05 bits per heavy atom. The maximum atomic E-state index is 12.0. The number of hydrogen-bond acceptors (Lipinski definition) is 4. The first-order valence-corrected chi connectivity index (χ1v) is 6.92. The molecule has 2 aliphatic heterocycles. The maximum Gasteiger partial charge on any atom is 0.255 e. The van der Waals surface area contributed by atoms with Crippen LogP contribution in [0.15, 0.2) is 41.5 Å². The summed E-state index contributed by atoms with van der Waals surface area (Å²) in [5, 5.41) is 11.4. The minimum Gasteiger partial charge on any atom is -0.294 e. The fraction of sp³-hybridized carbons (Fsp3) is 0.312. The number of amides is 2. The van der Waals surface area contributed by atoms with Gasteiger partial charge >= 0.3 is 0 Å². The predicted molar refractivity (Wildman–Crippen MR) is 75.6 cm³/mol. The van der Waals surface area contributed by atoms with Crippen LogP contribution in [0.2, 0.25) is 0 Å². The summed E-state index contributed by atoms with van der Waals surface area (Å²) in [6.45, 7) is 2.00. The standard InChI is InChI=1S/C16H15N3O2/c17-8-13-12-6-7-19(9-11-4-2-1-3-5-11)10-14(12)16(21)18-15(13)20/h1-5,13H,6-7,9-10H2,(H,18,20,21). The van der Waals surface area contributed by atoms with Crippen LogP contribution in [0.5, 0.6) is 0 Å². The predicted octanol–water partition coefficient (Wildman–Crippen LogP) is 0.985. The number of carbonyl (C=O) groups excluding carboxylic acids is 2. The zero-order chi connectivity index (χ0) is 14.8. The molecule has 5 nitrogen and oxygen atoms in total. The summed E-state index contributed by atoms with van der Waals surface area (Å²) in [7, 11) is 0. The number of carbonyl (C=O) groups is 2. The van der Waals surface area contributed by atoms with E-state index in [1.165, 1.54) is 5.56 Å². The maximum absolute atomic E-state index is 12.0. The van der Waals surface area contributed by atoms with Gasteiger partial charge in [-0.1, -0.05) is 30.3 Å². The molecule has 0 aromatic heterocycles. The summed E-state index contributed by atoms with van der Waals surface area (Å²) in [6.07, 6.45) is 0.597. The zero-order valence-corrected chi connectivity index (χ0v) is 11.5. The molecule has 0 saturated heterocycles. The van der Waals surface area contributed by atoms with Crippen molar-refractivity contribution in [3.05, 3.63) is 47.0 Å². The quantitative estimate of drug-likeness (QED) is 0.820. The molecule has 0 radical (unpaired) electrons. The summed E-state index contributed by atoms with van der Waals surface area (Å²) in [6, 6.07) is 12.0. The van der Waals surface area contributed by atoms with E-state index < -0.39 is 11.8 Å². The zero-order valence-electron chi connectivity index (χ0n) is 11.5. The van der Waals surface area contributed by atoms with E-state index in [2.05, 4.69) is 10.2 Å². The van der Waals surface area contributed by atoms with Crippen molar-refractivity contribution in [3.63, 3.8) is 0 Å². The molecule has 106 valence electrons. The fourth-order valence-corrected chi connectivity index (χ4v) is 2.90. The first-order chi connectivity index (χ1) is 10.2. The van der Waals surface area contributed by atoms with E-state index >= 15 is 0 Å². The number of rotatable bonds is 2. The first kappa shape index (κ1) is 13.5. The Labute approximate surface area is 122 Å². The van der Waals surface area contributed by atoms with Crippen LogP contribution < -0.4 is 5.32 Å². The molecule has 0 spiro atoms. The molecule has 5 heteroatoms. The molecule has 3 rings (SSSR count). The molecule has 1 aromatic carbocycles. The van der Waals surface area contributed by atoms with Gasteiger partial charge in [-0.3, -0.25) is 19.8 Å². The van der Waals surface area contributed by atoms with E-state index in [9.17, 15) is 9.59 Å². The lowest BCUT2D eigenvalue weighted by molar-refractivity contribution is -0.131. The number of nitriles is 1. The smallest absolute Gasteiger partial charge is 0.255 e. The van der Waals surface area contributed by atoms with Gasteiger partial charge in [0.1, 0.15) is 5.92 Å². The molecule has 1 N–H and O–H groups in total. The third-order valence-electron chi connectivity index (χ3n) is 3.97. The van der Waals surface area contributed by atoms with E-state index in [1.54, 1.807) is 0 Å². The molecule has 0 fully saturated rings. The largest absolute Gasteiger partial charge is 0.294 e. The first-order valence-electron chi connectivity index (χ1n) is 6.92. The van der Waals surface area contributed by atoms with Gasteiger partial charge in [0.15, 0.2) is 0 Å². The molecular formula is C16H15N3O2. The lowest BCUT2D eigenvalue weighted by Crippen LogP contribution is -2.47. The molecule has 0 aliphatic carbocycles. The summed E-state index contributed by atoms with van der Waals surface area (Å²) in [5.41, 5.74) is 2.48. The summed E-state index contributed by atoms with van der Waals surface area (Å²) in [4.78, 5) is 25.8. The molecule has 1 unspecified atom stereocenters. The Morgan fingerprint density at radius 3 is 2.76 bits per heavy atom. The van der Waals surface area contributed by atoms with Gasteiger partial charge in [0.2, 0.25) is 5.91 Å². The van der Waals surface area contributed by atoms with Crippen LogP contribution in [0.25, 0.3) is 0 Å². The van der Waals surface area contributed by atoms with E-state index in [0.717, 1.165) is 13.1 Å². The molecule has 1 atom stereocenters. The lowest BCUT2D eigenvalue weighted by atomic mass is 9.85. The minimum absolute atomic E-state index is 0.348. The van der Waals surface area contributed by atoms with Crippen LogP contribution in [0, 0.1) is 17.2 Å². The fourth-order valence-electron chi connectivity index (χ4n) is 2.90. The van der Waals surface area contributed by atoms with Gasteiger partial charge in [-0.05, 0) is 17.6 Å². The van der Waals surface area contributed by atoms with E-state index in [-0.39, 0.29) is 5.91 Å². The average Bonchev–Trinajstić information content (AvgIpc) is 2.49. The third-order valence-corrected chi connectivity index (χ3v) is 3.97. The summed E-state index contributed by atoms with van der Waals surface area (Å²) >= 11 is 0. The SMILES string of the molecule is N#CC1C(=O)NC(=O)C2=C1CCN(Cc1ccccc1)C2. The van der Waals surface area contributed by atoms with Crippen molar-refractivity contribution in [1.29, 1.82) is 5.26 Å². The number of nitrogens with one attached hydrogen (secondary N) is 1. The number of imide groups is 1. The van der Waals surface area contributed by atoms with Crippen LogP contribution in [0.1, 0.15) is 12.0 Å². The third kappa shape index (κ3) is 2.58. The molecule has 0 bridgehead atoms. The van der Waals surface area contributed by atoms with Gasteiger partial charge in [-0.2, -0.15) is 5.26 Å². The van der Waals surface area contributed by atoms with Crippen molar-refractivity contribution >= 4 is 11.8 Å². The Bertz CT molecular complexity index is 658. The summed E-state index contributed by atoms with van der Waals surface area (Å²) in [5.74, 6) is -1.64. The van der Waals surface area contributed by atoms with E-state index in [1.807, 2.05) is 36.4 Å². The Balaban J connectivity index is 1.81. The monoisotopic (exact) mass is 281 g/mol. The van der Waals surface area contributed by atoms with E-state index in [4.69, 9.17) is 5.26 Å². The van der Waals surface area contributed by atoms with Crippen molar-refractivity contribution in [2.75, 3.05) is 13.1 Å². The highest BCUT2D eigenvalue weighted by molar-refractivity contribution is 6.10. The van der Waals surface area contributed by atoms with Crippen LogP contribution in [-0.4, -0.2) is 29.8 Å². The van der Waals surface area contributed by atoms with Crippen molar-refractivity contribution in [1.82, 2.24) is 10.2 Å². The Hall–Kier alpha value is -2.45. The second kappa shape index (κ2) is 5.51. The molecule has 2 heterocycles. The number of benzene rings is 1. The van der Waals surface area contributed by atoms with Crippen molar-refractivity contribution in [2.45, 2.75) is 13.0 Å². The van der Waals surface area contributed by atoms with Crippen molar-refractivity contribution < 1.29 is 9.59 Å². The van der Waals surface area contributed by atoms with Crippen molar-refractivity contribution in [2.24, 2.45) is 5.92 Å². The molecule has 0 saturated carbocycles. The van der Waals surface area contributed by atoms with Gasteiger partial charge in [-0.15, -0.1) is 0 Å². The molecular weight excluding hydrogens is 266 g/mol. The number of hydrogen-bond donors (Lipinski definition) is 1. The molecule has 2 aliphatic rings. The average molecular weight is 281 g/mol. The highest BCUT2D eigenvalue weighted by Gasteiger charge is 2.37. The Morgan fingerprint density at radius 1 is 1.29 bits per heavy atom. The van der Waals surface area contributed by atoms with Crippen molar-refractivity contribution in [3.8, 4) is 6.07 Å². The van der Waals surface area contributed by atoms with Crippen LogP contribution in [0.4, 0.5) is 0 Å². The lowest BCUT2D eigenvalue weighted by Gasteiger charge is -2.33. The summed E-state index contributed by atoms with van der Waals surface area (Å²) < 4.78 is 0. The van der Waals surface area contributed by atoms with Gasteiger partial charge in [0, 0.05) is 25.2 Å². The van der Waals surface area contributed by atoms with Gasteiger partial charge in [0.25, 0.3) is 5.91 Å². The highest BCUT2D eigenvalue weighted by Crippen LogP contribution is 2.28. The van der Waals surface area contributed by atoms with Gasteiger partial charge in [-0.25, -0.2) is 0 Å². The van der Waals surface area contributed by atoms with Crippen LogP contribution in [-0.2, 0) is 16.1 Å². The topological polar surface area (TPSA) is 73.2 Å². The minimum atomic E-state index is -0.809. The van der Waals surface area contributed by atoms with Crippen LogP contribution >= 0.6 is 0 Å². The molecule has 21 heavy (non-hydrogen) atoms. The normalized spacial score (nSPS) is 22.5. The molecule has 1 aromatic rings. The number of nitrogens with zero attached hydrogens (tertiary/aromatic N) is 2. The van der Waals surface area contributed by atoms with Gasteiger partial charge < -0.3 is 0 Å². The second-order valence-electron chi connectivity index (χ2n) is 5.33. The highest BCUT2D eigenvalue weighted by atomic mass is 16.2. The van der Waals surface area contributed by atoms with Gasteiger partial charge in [0.05, 0.1) is 6.07 Å².